The molecule has 222 valence electrons. The third kappa shape index (κ3) is 4.83. The molecule has 1 N–H and O–H groups in total. The van der Waals surface area contributed by atoms with Crippen molar-refractivity contribution in [2.45, 2.75) is 50.5 Å². The minimum atomic E-state index is -2.54. The lowest BCUT2D eigenvalue weighted by Crippen LogP contribution is -2.60. The molecule has 5 aromatic rings. The molecule has 2 fully saturated rings. The van der Waals surface area contributed by atoms with Gasteiger partial charge in [0.25, 0.3) is 11.8 Å². The maximum absolute atomic E-state index is 13.4. The van der Waals surface area contributed by atoms with Crippen LogP contribution in [0, 0.1) is 6.92 Å². The lowest BCUT2D eigenvalue weighted by Gasteiger charge is -2.46. The minimum absolute atomic E-state index is 0.121. The molecule has 2 aliphatic rings. The summed E-state index contributed by atoms with van der Waals surface area (Å²) in [5.74, 6) is -1.04. The highest BCUT2D eigenvalue weighted by Crippen LogP contribution is 2.41. The first-order valence-electron chi connectivity index (χ1n) is 14.7. The highest BCUT2D eigenvalue weighted by Gasteiger charge is 2.47. The van der Waals surface area contributed by atoms with Crippen molar-refractivity contribution in [1.29, 1.82) is 0 Å². The third-order valence-electron chi connectivity index (χ3n) is 9.12. The van der Waals surface area contributed by atoms with Crippen LogP contribution in [0.25, 0.3) is 27.7 Å². The van der Waals surface area contributed by atoms with Gasteiger partial charge in [-0.05, 0) is 56.9 Å². The minimum Gasteiger partial charge on any atom is -0.495 e. The Morgan fingerprint density at radius 2 is 1.84 bits per heavy atom. The second-order valence-corrected chi connectivity index (χ2v) is 11.8. The van der Waals surface area contributed by atoms with E-state index < -0.39 is 5.92 Å². The zero-order valence-corrected chi connectivity index (χ0v) is 24.5. The molecule has 1 aliphatic carbocycles. The Hall–Kier alpha value is -4.31. The van der Waals surface area contributed by atoms with Gasteiger partial charge in [0.2, 0.25) is 0 Å². The van der Waals surface area contributed by atoms with Crippen LogP contribution in [0.5, 0.6) is 5.75 Å². The van der Waals surface area contributed by atoms with E-state index >= 15 is 0 Å². The molecule has 0 unspecified atom stereocenters. The molecule has 1 saturated heterocycles. The van der Waals surface area contributed by atoms with Crippen molar-refractivity contribution < 1.29 is 18.3 Å². The van der Waals surface area contributed by atoms with Crippen molar-refractivity contribution in [3.8, 4) is 17.0 Å². The van der Waals surface area contributed by atoms with Gasteiger partial charge < -0.3 is 14.6 Å². The van der Waals surface area contributed by atoms with Crippen molar-refractivity contribution in [2.24, 2.45) is 7.05 Å². The van der Waals surface area contributed by atoms with Crippen LogP contribution in [0.1, 0.15) is 53.6 Å². The van der Waals surface area contributed by atoms with Crippen molar-refractivity contribution in [2.75, 3.05) is 25.5 Å². The summed E-state index contributed by atoms with van der Waals surface area (Å²) in [4.78, 5) is 24.9. The standard InChI is InChI=1S/C33H34F2N6O2/c1-20-30-29(38-31(41(30)15-14-36-20)21-8-11-24(12-9-21)40-18-33(34,35)19-40)23-10-13-25(28(17-23)43-3)37-32(42)27-16-22-6-4-5-7-26(22)39(27)2/h4-7,10,13-17,21,24H,8-9,11-12,18-19H2,1-3H3,(H,37,42). The van der Waals surface area contributed by atoms with Crippen LogP contribution in [0.4, 0.5) is 14.5 Å². The zero-order valence-electron chi connectivity index (χ0n) is 24.5. The first-order chi connectivity index (χ1) is 20.7. The fourth-order valence-electron chi connectivity index (χ4n) is 6.85. The van der Waals surface area contributed by atoms with E-state index in [1.165, 1.54) is 0 Å². The molecule has 1 aliphatic heterocycles. The first-order valence-corrected chi connectivity index (χ1v) is 14.7. The average Bonchev–Trinajstić information content (AvgIpc) is 3.55. The van der Waals surface area contributed by atoms with E-state index in [-0.39, 0.29) is 31.0 Å². The number of halogens is 2. The molecular formula is C33H34F2N6O2. The van der Waals surface area contributed by atoms with Crippen LogP contribution in [0.2, 0.25) is 0 Å². The van der Waals surface area contributed by atoms with E-state index in [0.29, 0.717) is 17.1 Å². The lowest BCUT2D eigenvalue weighted by atomic mass is 9.83. The molecule has 8 nitrogen and oxygen atoms in total. The quantitative estimate of drug-likeness (QED) is 0.249. The van der Waals surface area contributed by atoms with E-state index in [4.69, 9.17) is 9.72 Å². The molecule has 7 rings (SSSR count). The van der Waals surface area contributed by atoms with E-state index in [1.54, 1.807) is 13.3 Å². The number of ether oxygens (including phenoxy) is 1. The molecule has 0 spiro atoms. The summed E-state index contributed by atoms with van der Waals surface area (Å²) in [6.45, 7) is 1.73. The van der Waals surface area contributed by atoms with Crippen molar-refractivity contribution >= 4 is 28.0 Å². The summed E-state index contributed by atoms with van der Waals surface area (Å²) >= 11 is 0. The number of aryl methyl sites for hydroxylation is 2. The second kappa shape index (κ2) is 10.4. The first kappa shape index (κ1) is 27.5. The van der Waals surface area contributed by atoms with Crippen molar-refractivity contribution in [1.82, 2.24) is 23.8 Å². The van der Waals surface area contributed by atoms with E-state index in [1.807, 2.05) is 78.2 Å². The molecular weight excluding hydrogens is 550 g/mol. The Morgan fingerprint density at radius 1 is 1.07 bits per heavy atom. The number of nitrogens with zero attached hydrogens (tertiary/aromatic N) is 5. The number of fused-ring (bicyclic) bond motifs is 2. The number of alkyl halides is 2. The van der Waals surface area contributed by atoms with Gasteiger partial charge >= 0.3 is 0 Å². The Bertz CT molecular complexity index is 1850. The number of hydrogen-bond acceptors (Lipinski definition) is 5. The smallest absolute Gasteiger partial charge is 0.272 e. The fraction of sp³-hybridized carbons (Fsp3) is 0.364. The highest BCUT2D eigenvalue weighted by atomic mass is 19.3. The number of benzene rings is 2. The van der Waals surface area contributed by atoms with E-state index in [2.05, 4.69) is 14.7 Å². The largest absolute Gasteiger partial charge is 0.495 e. The van der Waals surface area contributed by atoms with E-state index in [9.17, 15) is 13.6 Å². The van der Waals surface area contributed by atoms with Crippen LogP contribution in [-0.4, -0.2) is 61.9 Å². The van der Waals surface area contributed by atoms with Gasteiger partial charge in [0.05, 0.1) is 42.8 Å². The SMILES string of the molecule is COc1cc(-c2nc(C3CCC(N4CC(F)(F)C4)CC3)n3ccnc(C)c23)ccc1NC(=O)c1cc2ccccc2n1C. The zero-order chi connectivity index (χ0) is 29.9. The Morgan fingerprint density at radius 3 is 2.56 bits per heavy atom. The Labute approximate surface area is 248 Å². The second-order valence-electron chi connectivity index (χ2n) is 11.8. The predicted molar refractivity (Wildman–Crippen MR) is 162 cm³/mol. The highest BCUT2D eigenvalue weighted by molar-refractivity contribution is 6.07. The summed E-state index contributed by atoms with van der Waals surface area (Å²) in [6.07, 6.45) is 7.30. The molecule has 2 aromatic carbocycles. The van der Waals surface area contributed by atoms with Crippen molar-refractivity contribution in [3.63, 3.8) is 0 Å². The number of imidazole rings is 1. The van der Waals surface area contributed by atoms with Gasteiger partial charge in [-0.3, -0.25) is 19.1 Å². The molecule has 4 heterocycles. The molecule has 0 atom stereocenters. The summed E-state index contributed by atoms with van der Waals surface area (Å²) in [7, 11) is 3.47. The Kier molecular flexibility index (Phi) is 6.69. The summed E-state index contributed by atoms with van der Waals surface area (Å²) < 4.78 is 36.6. The number of nitrogens with one attached hydrogen (secondary N) is 1. The number of para-hydroxylation sites is 1. The molecule has 0 radical (unpaired) electrons. The molecule has 3 aromatic heterocycles. The van der Waals surface area contributed by atoms with Gasteiger partial charge in [0.1, 0.15) is 17.3 Å². The number of likely N-dealkylation sites (tertiary alicyclic amines) is 1. The lowest BCUT2D eigenvalue weighted by molar-refractivity contribution is -0.150. The monoisotopic (exact) mass is 584 g/mol. The van der Waals surface area contributed by atoms with Crippen LogP contribution < -0.4 is 10.1 Å². The van der Waals surface area contributed by atoms with Crippen molar-refractivity contribution in [3.05, 3.63) is 78.1 Å². The number of carbonyl (C=O) groups is 1. The summed E-state index contributed by atoms with van der Waals surface area (Å²) in [5.41, 5.74) is 5.55. The van der Waals surface area contributed by atoms with Gasteiger partial charge in [-0.2, -0.15) is 0 Å². The number of amides is 1. The number of rotatable bonds is 6. The number of anilines is 1. The number of methoxy groups -OCH3 is 1. The van der Waals surface area contributed by atoms with Crippen LogP contribution in [0.15, 0.2) is 60.9 Å². The molecule has 1 saturated carbocycles. The fourth-order valence-corrected chi connectivity index (χ4v) is 6.85. The van der Waals surface area contributed by atoms with Crippen LogP contribution >= 0.6 is 0 Å². The molecule has 1 amide bonds. The molecule has 43 heavy (non-hydrogen) atoms. The van der Waals surface area contributed by atoms with Gasteiger partial charge in [-0.25, -0.2) is 13.8 Å². The summed E-state index contributed by atoms with van der Waals surface area (Å²) in [5, 5.41) is 4.02. The van der Waals surface area contributed by atoms with Crippen LogP contribution in [0.3, 0.4) is 0 Å². The Balaban J connectivity index is 1.17. The van der Waals surface area contributed by atoms with Gasteiger partial charge in [-0.1, -0.05) is 24.3 Å². The topological polar surface area (TPSA) is 76.7 Å². The predicted octanol–water partition coefficient (Wildman–Crippen LogP) is 6.43. The number of carbonyl (C=O) groups excluding carboxylic acids is 1. The number of hydrogen-bond donors (Lipinski definition) is 1. The normalized spacial score (nSPS) is 20.3. The summed E-state index contributed by atoms with van der Waals surface area (Å²) in [6, 6.07) is 15.7. The van der Waals surface area contributed by atoms with Gasteiger partial charge in [0.15, 0.2) is 0 Å². The van der Waals surface area contributed by atoms with E-state index in [0.717, 1.165) is 64.9 Å². The van der Waals surface area contributed by atoms with Gasteiger partial charge in [0, 0.05) is 47.9 Å². The third-order valence-corrected chi connectivity index (χ3v) is 9.12. The van der Waals surface area contributed by atoms with Gasteiger partial charge in [-0.15, -0.1) is 0 Å². The molecule has 0 bridgehead atoms. The maximum atomic E-state index is 13.4. The molecule has 10 heteroatoms. The number of aromatic nitrogens is 4. The average molecular weight is 585 g/mol. The maximum Gasteiger partial charge on any atom is 0.272 e. The van der Waals surface area contributed by atoms with Crippen LogP contribution in [-0.2, 0) is 7.05 Å².